The number of sulfonamides is 1. The number of nitrogens with zero attached hydrogens (tertiary/aromatic N) is 2. The smallest absolute Gasteiger partial charge is 0.264 e. The van der Waals surface area contributed by atoms with Crippen LogP contribution in [0.2, 0.25) is 10.0 Å². The van der Waals surface area contributed by atoms with Crippen LogP contribution in [0, 0.1) is 12.7 Å². The molecule has 0 unspecified atom stereocenters. The molecule has 0 aliphatic heterocycles. The van der Waals surface area contributed by atoms with Crippen molar-refractivity contribution in [2.75, 3.05) is 10.8 Å². The molecule has 2 amide bonds. The largest absolute Gasteiger partial charge is 0.352 e. The first-order valence-electron chi connectivity index (χ1n) is 12.2. The van der Waals surface area contributed by atoms with Crippen molar-refractivity contribution in [3.05, 3.63) is 93.7 Å². The van der Waals surface area contributed by atoms with E-state index >= 15 is 0 Å². The molecule has 0 heterocycles. The van der Waals surface area contributed by atoms with Crippen molar-refractivity contribution in [2.45, 2.75) is 51.2 Å². The molecule has 3 aromatic carbocycles. The lowest BCUT2D eigenvalue weighted by molar-refractivity contribution is -0.139. The van der Waals surface area contributed by atoms with E-state index in [4.69, 9.17) is 23.2 Å². The van der Waals surface area contributed by atoms with E-state index in [9.17, 15) is 22.4 Å². The van der Waals surface area contributed by atoms with Crippen LogP contribution in [0.1, 0.15) is 31.9 Å². The maximum absolute atomic E-state index is 13.9. The number of benzene rings is 3. The molecule has 0 bridgehead atoms. The zero-order valence-corrected chi connectivity index (χ0v) is 24.3. The Morgan fingerprint density at radius 2 is 1.49 bits per heavy atom. The highest BCUT2D eigenvalue weighted by atomic mass is 35.5. The normalized spacial score (nSPS) is 12.2. The van der Waals surface area contributed by atoms with Crippen molar-refractivity contribution in [3.63, 3.8) is 0 Å². The number of rotatable bonds is 10. The molecule has 7 nitrogen and oxygen atoms in total. The molecule has 1 N–H and O–H groups in total. The second kappa shape index (κ2) is 12.8. The summed E-state index contributed by atoms with van der Waals surface area (Å²) < 4.78 is 42.1. The van der Waals surface area contributed by atoms with Gasteiger partial charge in [0.15, 0.2) is 0 Å². The van der Waals surface area contributed by atoms with Crippen molar-refractivity contribution in [2.24, 2.45) is 0 Å². The number of hydrogen-bond donors (Lipinski definition) is 1. The summed E-state index contributed by atoms with van der Waals surface area (Å²) in [6, 6.07) is 14.6. The summed E-state index contributed by atoms with van der Waals surface area (Å²) in [5.74, 6) is -1.68. The lowest BCUT2D eigenvalue weighted by atomic mass is 10.1. The number of aryl methyl sites for hydroxylation is 1. The van der Waals surface area contributed by atoms with Gasteiger partial charge in [-0.05, 0) is 76.2 Å². The predicted molar refractivity (Wildman–Crippen MR) is 152 cm³/mol. The Labute approximate surface area is 238 Å². The third-order valence-corrected chi connectivity index (χ3v) is 8.49. The minimum Gasteiger partial charge on any atom is -0.352 e. The van der Waals surface area contributed by atoms with Crippen LogP contribution in [-0.4, -0.2) is 43.8 Å². The number of anilines is 1. The van der Waals surface area contributed by atoms with Crippen LogP contribution < -0.4 is 9.62 Å². The quantitative estimate of drug-likeness (QED) is 0.332. The molecule has 3 rings (SSSR count). The number of nitrogens with one attached hydrogen (secondary N) is 1. The fourth-order valence-electron chi connectivity index (χ4n) is 3.82. The van der Waals surface area contributed by atoms with E-state index in [1.807, 2.05) is 6.92 Å². The Bertz CT molecular complexity index is 1410. The van der Waals surface area contributed by atoms with E-state index in [1.54, 1.807) is 44.2 Å². The molecule has 0 fully saturated rings. The van der Waals surface area contributed by atoms with Gasteiger partial charge in [-0.15, -0.1) is 0 Å². The van der Waals surface area contributed by atoms with Gasteiger partial charge in [0.2, 0.25) is 11.8 Å². The second-order valence-corrected chi connectivity index (χ2v) is 12.0. The zero-order chi connectivity index (χ0) is 28.9. The molecule has 0 aliphatic rings. The van der Waals surface area contributed by atoms with Gasteiger partial charge in [0.25, 0.3) is 10.0 Å². The van der Waals surface area contributed by atoms with Gasteiger partial charge in [-0.25, -0.2) is 12.8 Å². The Hall–Kier alpha value is -3.14. The first-order valence-corrected chi connectivity index (χ1v) is 14.4. The molecule has 0 aromatic heterocycles. The molecule has 0 aliphatic carbocycles. The molecule has 1 atom stereocenters. The summed E-state index contributed by atoms with van der Waals surface area (Å²) in [7, 11) is -4.26. The van der Waals surface area contributed by atoms with Gasteiger partial charge in [0, 0.05) is 28.2 Å². The molecule has 0 radical (unpaired) electrons. The number of amides is 2. The minimum atomic E-state index is -4.26. The van der Waals surface area contributed by atoms with E-state index in [1.165, 1.54) is 36.1 Å². The number of hydrogen-bond acceptors (Lipinski definition) is 4. The molecule has 11 heteroatoms. The minimum absolute atomic E-state index is 0.0449. The highest BCUT2D eigenvalue weighted by Crippen LogP contribution is 2.28. The lowest BCUT2D eigenvalue weighted by Gasteiger charge is -2.32. The highest BCUT2D eigenvalue weighted by molar-refractivity contribution is 7.92. The molecule has 208 valence electrons. The first kappa shape index (κ1) is 30.4. The van der Waals surface area contributed by atoms with Crippen LogP contribution >= 0.6 is 23.2 Å². The van der Waals surface area contributed by atoms with E-state index in [0.717, 1.165) is 22.0 Å². The summed E-state index contributed by atoms with van der Waals surface area (Å²) in [5, 5.41) is 3.36. The summed E-state index contributed by atoms with van der Waals surface area (Å²) in [5.41, 5.74) is 1.35. The third-order valence-electron chi connectivity index (χ3n) is 5.99. The first-order chi connectivity index (χ1) is 18.3. The molecule has 3 aromatic rings. The van der Waals surface area contributed by atoms with Gasteiger partial charge in [-0.1, -0.05) is 47.0 Å². The van der Waals surface area contributed by atoms with Gasteiger partial charge < -0.3 is 10.2 Å². The topological polar surface area (TPSA) is 86.8 Å². The van der Waals surface area contributed by atoms with Crippen LogP contribution in [0.15, 0.2) is 71.6 Å². The van der Waals surface area contributed by atoms with Gasteiger partial charge in [0.05, 0.1) is 10.6 Å². The maximum Gasteiger partial charge on any atom is 0.264 e. The summed E-state index contributed by atoms with van der Waals surface area (Å²) >= 11 is 12.7. The fourth-order valence-corrected chi connectivity index (χ4v) is 5.75. The Balaban J connectivity index is 2.06. The van der Waals surface area contributed by atoms with Crippen molar-refractivity contribution in [3.8, 4) is 0 Å². The van der Waals surface area contributed by atoms with Gasteiger partial charge in [0.1, 0.15) is 18.4 Å². The van der Waals surface area contributed by atoms with Crippen LogP contribution in [0.25, 0.3) is 0 Å². The SMILES string of the molecule is Cc1ccc(S(=O)(=O)N(CC(=O)N(Cc2c(Cl)cccc2Cl)[C@H](C)C(=O)NC(C)C)c2ccc(F)cc2)cc1. The summed E-state index contributed by atoms with van der Waals surface area (Å²) in [4.78, 5) is 28.0. The van der Waals surface area contributed by atoms with Crippen LogP contribution in [0.3, 0.4) is 0 Å². The van der Waals surface area contributed by atoms with Gasteiger partial charge in [-0.2, -0.15) is 0 Å². The van der Waals surface area contributed by atoms with Gasteiger partial charge >= 0.3 is 0 Å². The molecule has 0 spiro atoms. The second-order valence-electron chi connectivity index (χ2n) is 9.36. The average molecular weight is 595 g/mol. The van der Waals surface area contributed by atoms with Gasteiger partial charge in [-0.3, -0.25) is 13.9 Å². The van der Waals surface area contributed by atoms with Crippen molar-refractivity contribution in [1.82, 2.24) is 10.2 Å². The Morgan fingerprint density at radius 1 is 0.923 bits per heavy atom. The number of halogens is 3. The Kier molecular flexibility index (Phi) is 9.98. The van der Waals surface area contributed by atoms with Crippen LogP contribution in [-0.2, 0) is 26.2 Å². The van der Waals surface area contributed by atoms with Crippen molar-refractivity contribution >= 4 is 50.7 Å². The number of carbonyl (C=O) groups is 2. The molecular weight excluding hydrogens is 564 g/mol. The third kappa shape index (κ3) is 7.50. The number of carbonyl (C=O) groups excluding carboxylic acids is 2. The van der Waals surface area contributed by atoms with Crippen molar-refractivity contribution < 1.29 is 22.4 Å². The average Bonchev–Trinajstić information content (AvgIpc) is 2.87. The van der Waals surface area contributed by atoms with Crippen LogP contribution in [0.4, 0.5) is 10.1 Å². The molecule has 0 saturated heterocycles. The molecule has 39 heavy (non-hydrogen) atoms. The zero-order valence-electron chi connectivity index (χ0n) is 22.0. The van der Waals surface area contributed by atoms with E-state index < -0.39 is 40.2 Å². The highest BCUT2D eigenvalue weighted by Gasteiger charge is 2.33. The molecular formula is C28H30Cl2FN3O4S. The van der Waals surface area contributed by atoms with Crippen molar-refractivity contribution in [1.29, 1.82) is 0 Å². The van der Waals surface area contributed by atoms with E-state index in [0.29, 0.717) is 15.6 Å². The summed E-state index contributed by atoms with van der Waals surface area (Å²) in [6.45, 7) is 6.11. The monoisotopic (exact) mass is 593 g/mol. The fraction of sp³-hybridized carbons (Fsp3) is 0.286. The Morgan fingerprint density at radius 3 is 2.03 bits per heavy atom. The van der Waals surface area contributed by atoms with E-state index in [-0.39, 0.29) is 23.2 Å². The summed E-state index contributed by atoms with van der Waals surface area (Å²) in [6.07, 6.45) is 0. The lowest BCUT2D eigenvalue weighted by Crippen LogP contribution is -2.52. The maximum atomic E-state index is 13.9. The predicted octanol–water partition coefficient (Wildman–Crippen LogP) is 5.58. The van der Waals surface area contributed by atoms with E-state index in [2.05, 4.69) is 5.32 Å². The molecule has 0 saturated carbocycles. The standard InChI is InChI=1S/C28H30Cl2FN3O4S/c1-18(2)32-28(36)20(4)33(16-24-25(29)6-5-7-26(24)30)27(35)17-34(22-12-10-21(31)11-13-22)39(37,38)23-14-8-19(3)9-15-23/h5-15,18,20H,16-17H2,1-4H3,(H,32,36)/t20-/m1/s1. The van der Waals surface area contributed by atoms with Crippen LogP contribution in [0.5, 0.6) is 0 Å².